The third-order valence-corrected chi connectivity index (χ3v) is 8.24. The molecular weight excluding hydrogens is 488 g/mol. The number of hydrogen-bond donors (Lipinski definition) is 1. The van der Waals surface area contributed by atoms with Crippen molar-refractivity contribution in [1.82, 2.24) is 9.29 Å². The van der Waals surface area contributed by atoms with Gasteiger partial charge < -0.3 is 9.84 Å². The lowest BCUT2D eigenvalue weighted by Crippen LogP contribution is -2.22. The van der Waals surface area contributed by atoms with Gasteiger partial charge in [-0.2, -0.15) is 0 Å². The summed E-state index contributed by atoms with van der Waals surface area (Å²) in [5.41, 5.74) is 5.35. The first-order valence-electron chi connectivity index (χ1n) is 11.8. The van der Waals surface area contributed by atoms with Crippen molar-refractivity contribution >= 4 is 38.5 Å². The van der Waals surface area contributed by atoms with E-state index >= 15 is 0 Å². The Morgan fingerprint density at radius 2 is 1.78 bits per heavy atom. The number of phenolic OH excluding ortho intramolecular Hbond substituents is 1. The Balaban J connectivity index is 1.48. The first-order valence-corrected chi connectivity index (χ1v) is 13.3. The molecule has 188 valence electrons. The summed E-state index contributed by atoms with van der Waals surface area (Å²) in [7, 11) is -0.649. The molecule has 0 spiro atoms. The van der Waals surface area contributed by atoms with Crippen LogP contribution >= 0.6 is 0 Å². The number of allylic oxidation sites excluding steroid dienone is 1. The molecule has 5 rings (SSSR count). The number of sulfonamides is 1. The summed E-state index contributed by atoms with van der Waals surface area (Å²) >= 11 is 0. The van der Waals surface area contributed by atoms with E-state index in [0.717, 1.165) is 38.5 Å². The minimum atomic E-state index is -3.60. The molecule has 1 aliphatic carbocycles. The quantitative estimate of drug-likeness (QED) is 0.363. The number of hydrogen-bond acceptors (Lipinski definition) is 6. The average molecular weight is 515 g/mol. The lowest BCUT2D eigenvalue weighted by molar-refractivity contribution is 0.0473. The van der Waals surface area contributed by atoms with Gasteiger partial charge in [0.05, 0.1) is 21.7 Å². The molecule has 0 fully saturated rings. The third kappa shape index (κ3) is 4.85. The number of fused-ring (bicyclic) bond motifs is 2. The van der Waals surface area contributed by atoms with E-state index in [4.69, 9.17) is 9.72 Å². The summed E-state index contributed by atoms with van der Waals surface area (Å²) in [6.45, 7) is -0.0583. The lowest BCUT2D eigenvalue weighted by Gasteiger charge is -2.14. The summed E-state index contributed by atoms with van der Waals surface area (Å²) in [4.78, 5) is 18.5. The maximum atomic E-state index is 13.5. The topological polar surface area (TPSA) is 96.8 Å². The summed E-state index contributed by atoms with van der Waals surface area (Å²) in [6.07, 6.45) is 3.40. The van der Waals surface area contributed by atoms with Gasteiger partial charge in [0.1, 0.15) is 12.4 Å². The number of carbonyl (C=O) groups excluding carboxylic acids is 1. The number of aromatic hydroxyl groups is 1. The van der Waals surface area contributed by atoms with Crippen molar-refractivity contribution in [2.24, 2.45) is 0 Å². The fourth-order valence-electron chi connectivity index (χ4n) is 4.51. The summed E-state index contributed by atoms with van der Waals surface area (Å²) in [6, 6.07) is 20.8. The molecule has 8 heteroatoms. The molecule has 0 bridgehead atoms. The number of carbonyl (C=O) groups is 1. The number of aromatic nitrogens is 1. The van der Waals surface area contributed by atoms with E-state index < -0.39 is 16.0 Å². The van der Waals surface area contributed by atoms with Crippen LogP contribution in [0.25, 0.3) is 22.6 Å². The Kier molecular flexibility index (Phi) is 6.54. The van der Waals surface area contributed by atoms with Crippen LogP contribution in [0.1, 0.15) is 39.2 Å². The SMILES string of the molecule is CN(C)S(=O)(=O)c1cccc(COC(=O)c2c3c(nc4ccccc24)C(=Cc2ccc(O)cc2)CC3)c1. The highest BCUT2D eigenvalue weighted by molar-refractivity contribution is 7.89. The molecule has 0 atom stereocenters. The van der Waals surface area contributed by atoms with Crippen molar-refractivity contribution in [1.29, 1.82) is 0 Å². The monoisotopic (exact) mass is 514 g/mol. The van der Waals surface area contributed by atoms with Crippen molar-refractivity contribution in [2.75, 3.05) is 14.1 Å². The molecule has 1 aromatic heterocycles. The average Bonchev–Trinajstić information content (AvgIpc) is 3.29. The Labute approximate surface area is 215 Å². The molecular formula is C29H26N2O5S. The first-order chi connectivity index (χ1) is 17.7. The van der Waals surface area contributed by atoms with Crippen LogP contribution in [0.5, 0.6) is 5.75 Å². The zero-order valence-electron chi connectivity index (χ0n) is 20.5. The number of pyridine rings is 1. The molecule has 0 saturated heterocycles. The van der Waals surface area contributed by atoms with E-state index in [-0.39, 0.29) is 17.3 Å². The van der Waals surface area contributed by atoms with Gasteiger partial charge in [-0.3, -0.25) is 0 Å². The van der Waals surface area contributed by atoms with Gasteiger partial charge >= 0.3 is 5.97 Å². The van der Waals surface area contributed by atoms with Crippen molar-refractivity contribution in [3.05, 3.63) is 101 Å². The second kappa shape index (κ2) is 9.80. The fraction of sp³-hybridized carbons (Fsp3) is 0.172. The molecule has 7 nitrogen and oxygen atoms in total. The first kappa shape index (κ1) is 24.7. The highest BCUT2D eigenvalue weighted by Gasteiger charge is 2.28. The van der Waals surface area contributed by atoms with E-state index in [1.54, 1.807) is 24.3 Å². The number of rotatable bonds is 6. The maximum absolute atomic E-state index is 13.5. The predicted octanol–water partition coefficient (Wildman–Crippen LogP) is 5.03. The number of para-hydroxylation sites is 1. The molecule has 1 N–H and O–H groups in total. The number of phenols is 1. The van der Waals surface area contributed by atoms with Crippen LogP contribution < -0.4 is 0 Å². The molecule has 0 aliphatic heterocycles. The Hall–Kier alpha value is -4.01. The van der Waals surface area contributed by atoms with Gasteiger partial charge in [0.2, 0.25) is 10.0 Å². The lowest BCUT2D eigenvalue weighted by atomic mass is 10.0. The van der Waals surface area contributed by atoms with Gasteiger partial charge in [-0.25, -0.2) is 22.5 Å². The number of benzene rings is 3. The number of nitrogens with zero attached hydrogens (tertiary/aromatic N) is 2. The van der Waals surface area contributed by atoms with Crippen LogP contribution in [-0.4, -0.2) is 42.9 Å². The maximum Gasteiger partial charge on any atom is 0.339 e. The smallest absolute Gasteiger partial charge is 0.339 e. The predicted molar refractivity (Wildman–Crippen MR) is 142 cm³/mol. The van der Waals surface area contributed by atoms with Crippen LogP contribution in [0.2, 0.25) is 0 Å². The fourth-order valence-corrected chi connectivity index (χ4v) is 5.48. The summed E-state index contributed by atoms with van der Waals surface area (Å²) < 4.78 is 31.8. The minimum Gasteiger partial charge on any atom is -0.508 e. The Morgan fingerprint density at radius 3 is 2.54 bits per heavy atom. The van der Waals surface area contributed by atoms with E-state index in [2.05, 4.69) is 0 Å². The second-order valence-corrected chi connectivity index (χ2v) is 11.3. The molecule has 37 heavy (non-hydrogen) atoms. The zero-order chi connectivity index (χ0) is 26.2. The molecule has 0 saturated carbocycles. The van der Waals surface area contributed by atoms with Crippen LogP contribution in [-0.2, 0) is 27.8 Å². The van der Waals surface area contributed by atoms with Crippen LogP contribution in [0.3, 0.4) is 0 Å². The normalized spacial score (nSPS) is 14.3. The van der Waals surface area contributed by atoms with Crippen molar-refractivity contribution in [2.45, 2.75) is 24.3 Å². The number of ether oxygens (including phenoxy) is 1. The van der Waals surface area contributed by atoms with Gasteiger partial charge in [0, 0.05) is 19.5 Å². The van der Waals surface area contributed by atoms with Gasteiger partial charge in [-0.05, 0) is 71.5 Å². The molecule has 0 radical (unpaired) electrons. The third-order valence-electron chi connectivity index (χ3n) is 6.43. The van der Waals surface area contributed by atoms with Gasteiger partial charge in [0.25, 0.3) is 0 Å². The van der Waals surface area contributed by atoms with Crippen LogP contribution in [0, 0.1) is 0 Å². The van der Waals surface area contributed by atoms with Crippen LogP contribution in [0.4, 0.5) is 0 Å². The highest BCUT2D eigenvalue weighted by Crippen LogP contribution is 2.38. The standard InChI is InChI=1S/C29H26N2O5S/c1-31(2)37(34,35)23-7-5-6-20(17-23)18-36-29(33)27-24-8-3-4-9-26(24)30-28-21(12-15-25(27)28)16-19-10-13-22(32)14-11-19/h3-11,13-14,16-17,32H,12,15,18H2,1-2H3. The molecule has 4 aromatic rings. The second-order valence-electron chi connectivity index (χ2n) is 9.10. The number of esters is 1. The molecule has 1 heterocycles. The van der Waals surface area contributed by atoms with E-state index in [0.29, 0.717) is 23.1 Å². The summed E-state index contributed by atoms with van der Waals surface area (Å²) in [5.74, 6) is -0.269. The van der Waals surface area contributed by atoms with Crippen molar-refractivity contribution < 1.29 is 23.1 Å². The summed E-state index contributed by atoms with van der Waals surface area (Å²) in [5, 5.41) is 10.3. The Morgan fingerprint density at radius 1 is 1.03 bits per heavy atom. The van der Waals surface area contributed by atoms with Crippen molar-refractivity contribution in [3.63, 3.8) is 0 Å². The zero-order valence-corrected chi connectivity index (χ0v) is 21.3. The van der Waals surface area contributed by atoms with E-state index in [1.165, 1.54) is 26.2 Å². The Bertz CT molecular complexity index is 1640. The minimum absolute atomic E-state index is 0.0583. The van der Waals surface area contributed by atoms with Gasteiger partial charge in [-0.1, -0.05) is 42.5 Å². The van der Waals surface area contributed by atoms with Gasteiger partial charge in [0.15, 0.2) is 0 Å². The van der Waals surface area contributed by atoms with E-state index in [9.17, 15) is 18.3 Å². The molecule has 1 aliphatic rings. The van der Waals surface area contributed by atoms with Crippen molar-refractivity contribution in [3.8, 4) is 5.75 Å². The highest BCUT2D eigenvalue weighted by atomic mass is 32.2. The molecule has 0 amide bonds. The molecule has 3 aromatic carbocycles. The van der Waals surface area contributed by atoms with Gasteiger partial charge in [-0.15, -0.1) is 0 Å². The van der Waals surface area contributed by atoms with E-state index in [1.807, 2.05) is 42.5 Å². The largest absolute Gasteiger partial charge is 0.508 e. The van der Waals surface area contributed by atoms with Crippen LogP contribution in [0.15, 0.2) is 77.7 Å². The molecule has 0 unspecified atom stereocenters.